The first-order chi connectivity index (χ1) is 12.5. The molecule has 0 spiro atoms. The van der Waals surface area contributed by atoms with Crippen LogP contribution in [0, 0.1) is 17.8 Å². The fourth-order valence-corrected chi connectivity index (χ4v) is 4.38. The minimum atomic E-state index is -2.62. The number of nitrogens with zero attached hydrogens (tertiary/aromatic N) is 5. The zero-order valence-electron chi connectivity index (χ0n) is 14.1. The lowest BCUT2D eigenvalue weighted by atomic mass is 10.2. The number of carboxylic acid groups (broad SMARTS) is 1. The van der Waals surface area contributed by atoms with Crippen molar-refractivity contribution >= 4 is 23.3 Å². The summed E-state index contributed by atoms with van der Waals surface area (Å²) in [6.07, 6.45) is -0.133. The van der Waals surface area contributed by atoms with Gasteiger partial charge in [-0.1, -0.05) is 0 Å². The van der Waals surface area contributed by atoms with E-state index in [2.05, 4.69) is 19.9 Å². The Hall–Kier alpha value is -2.45. The Morgan fingerprint density at radius 2 is 2.00 bits per heavy atom. The topological polar surface area (TPSA) is 74.0 Å². The Morgan fingerprint density at radius 1 is 1.27 bits per heavy atom. The summed E-state index contributed by atoms with van der Waals surface area (Å²) >= 11 is 0. The van der Waals surface area contributed by atoms with Gasteiger partial charge in [-0.15, -0.1) is 0 Å². The van der Waals surface area contributed by atoms with Crippen molar-refractivity contribution in [2.45, 2.75) is 19.3 Å². The Morgan fingerprint density at radius 3 is 2.58 bits per heavy atom. The lowest BCUT2D eigenvalue weighted by Crippen LogP contribution is -2.38. The molecule has 3 atom stereocenters. The predicted molar refractivity (Wildman–Crippen MR) is 89.7 cm³/mol. The van der Waals surface area contributed by atoms with Crippen molar-refractivity contribution in [2.75, 3.05) is 36.0 Å². The maximum Gasteiger partial charge on any atom is 0.303 e. The van der Waals surface area contributed by atoms with E-state index in [-0.39, 0.29) is 23.5 Å². The Kier molecular flexibility index (Phi) is 3.35. The second-order valence-corrected chi connectivity index (χ2v) is 7.44. The lowest BCUT2D eigenvalue weighted by molar-refractivity contribution is -0.137. The van der Waals surface area contributed by atoms with E-state index in [0.717, 1.165) is 38.4 Å². The summed E-state index contributed by atoms with van der Waals surface area (Å²) in [6, 6.07) is 1.92. The van der Waals surface area contributed by atoms with E-state index in [9.17, 15) is 13.6 Å². The van der Waals surface area contributed by atoms with Gasteiger partial charge in [-0.25, -0.2) is 13.8 Å². The van der Waals surface area contributed by atoms with Crippen molar-refractivity contribution < 1.29 is 18.7 Å². The van der Waals surface area contributed by atoms with E-state index >= 15 is 0 Å². The van der Waals surface area contributed by atoms with Crippen molar-refractivity contribution in [1.29, 1.82) is 0 Å². The molecule has 7 nitrogen and oxygen atoms in total. The number of hydrogen-bond acceptors (Lipinski definition) is 5. The molecule has 4 heterocycles. The van der Waals surface area contributed by atoms with Gasteiger partial charge in [0.15, 0.2) is 5.65 Å². The molecule has 0 bridgehead atoms. The number of piperidine rings is 1. The Labute approximate surface area is 148 Å². The number of halogens is 2. The van der Waals surface area contributed by atoms with Gasteiger partial charge in [0.05, 0.1) is 11.8 Å². The van der Waals surface area contributed by atoms with Crippen LogP contribution < -0.4 is 9.80 Å². The van der Waals surface area contributed by atoms with Gasteiger partial charge in [0, 0.05) is 38.7 Å². The third kappa shape index (κ3) is 2.33. The first-order valence-corrected chi connectivity index (χ1v) is 8.91. The maximum atomic E-state index is 13.3. The van der Waals surface area contributed by atoms with Gasteiger partial charge >= 0.3 is 5.97 Å². The van der Waals surface area contributed by atoms with Crippen molar-refractivity contribution in [1.82, 2.24) is 14.6 Å². The molecular formula is C17H19F2N5O2. The smallest absolute Gasteiger partial charge is 0.303 e. The average molecular weight is 363 g/mol. The fraction of sp³-hybridized carbons (Fsp3) is 0.588. The van der Waals surface area contributed by atoms with Crippen molar-refractivity contribution in [3.05, 3.63) is 17.8 Å². The summed E-state index contributed by atoms with van der Waals surface area (Å²) in [5, 5.41) is 13.1. The van der Waals surface area contributed by atoms with Crippen molar-refractivity contribution in [3.63, 3.8) is 0 Å². The van der Waals surface area contributed by atoms with Gasteiger partial charge in [-0.05, 0) is 24.2 Å². The summed E-state index contributed by atoms with van der Waals surface area (Å²) in [4.78, 5) is 19.6. The molecule has 1 aliphatic carbocycles. The number of alkyl halides is 2. The first-order valence-electron chi connectivity index (χ1n) is 8.91. The summed E-state index contributed by atoms with van der Waals surface area (Å²) in [5.41, 5.74) is 0.0591. The highest BCUT2D eigenvalue weighted by atomic mass is 19.3. The van der Waals surface area contributed by atoms with Crippen LogP contribution in [0.4, 0.5) is 20.4 Å². The van der Waals surface area contributed by atoms with Crippen LogP contribution >= 0.6 is 0 Å². The number of rotatable bonds is 5. The third-order valence-corrected chi connectivity index (χ3v) is 5.99. The van der Waals surface area contributed by atoms with Crippen molar-refractivity contribution in [2.24, 2.45) is 17.8 Å². The monoisotopic (exact) mass is 363 g/mol. The first kappa shape index (κ1) is 15.8. The number of aliphatic carboxylic acids is 1. The number of carboxylic acids is 1. The van der Waals surface area contributed by atoms with E-state index in [4.69, 9.17) is 5.11 Å². The van der Waals surface area contributed by atoms with E-state index in [1.54, 1.807) is 0 Å². The summed E-state index contributed by atoms with van der Waals surface area (Å²) in [7, 11) is 0. The number of fused-ring (bicyclic) bond motifs is 2. The van der Waals surface area contributed by atoms with Crippen LogP contribution in [0.15, 0.2) is 12.3 Å². The number of anilines is 2. The van der Waals surface area contributed by atoms with Gasteiger partial charge in [-0.3, -0.25) is 4.79 Å². The van der Waals surface area contributed by atoms with Crippen LogP contribution in [0.5, 0.6) is 0 Å². The van der Waals surface area contributed by atoms with Crippen LogP contribution in [0.25, 0.3) is 5.65 Å². The molecule has 0 radical (unpaired) electrons. The highest BCUT2D eigenvalue weighted by Gasteiger charge is 2.56. The largest absolute Gasteiger partial charge is 0.481 e. The number of carbonyl (C=O) groups is 1. The van der Waals surface area contributed by atoms with E-state index in [1.807, 2.05) is 6.07 Å². The molecule has 0 unspecified atom stereocenters. The number of aromatic nitrogens is 3. The molecule has 2 aromatic rings. The highest BCUT2D eigenvalue weighted by molar-refractivity contribution is 5.68. The van der Waals surface area contributed by atoms with E-state index in [1.165, 1.54) is 10.7 Å². The predicted octanol–water partition coefficient (Wildman–Crippen LogP) is 2.03. The van der Waals surface area contributed by atoms with E-state index < -0.39 is 12.4 Å². The Bertz CT molecular complexity index is 869. The normalized spacial score (nSPS) is 27.1. The standard InChI is InChI=1S/C17H19F2N5O2/c18-16(19)10-6-20-24-14(5-13(21-17(10)24)22-2-1-3-22)23-7-11-9(4-15(25)26)12(11)8-23/h5-6,9,11-12,16H,1-4,7-8H2,(H,25,26)/t9-,11-,12+. The molecule has 0 amide bonds. The van der Waals surface area contributed by atoms with E-state index in [0.29, 0.717) is 17.7 Å². The van der Waals surface area contributed by atoms with Gasteiger partial charge in [0.2, 0.25) is 0 Å². The van der Waals surface area contributed by atoms with Gasteiger partial charge in [0.25, 0.3) is 6.43 Å². The third-order valence-electron chi connectivity index (χ3n) is 5.99. The lowest BCUT2D eigenvalue weighted by Gasteiger charge is -2.33. The van der Waals surface area contributed by atoms with Gasteiger partial charge in [-0.2, -0.15) is 9.61 Å². The zero-order chi connectivity index (χ0) is 18.0. The summed E-state index contributed by atoms with van der Waals surface area (Å²) in [5.74, 6) is 1.70. The summed E-state index contributed by atoms with van der Waals surface area (Å²) < 4.78 is 28.2. The second kappa shape index (κ2) is 5.52. The molecule has 2 saturated heterocycles. The molecular weight excluding hydrogens is 344 g/mol. The van der Waals surface area contributed by atoms with Crippen LogP contribution in [-0.2, 0) is 4.79 Å². The van der Waals surface area contributed by atoms with Crippen molar-refractivity contribution in [3.8, 4) is 0 Å². The molecule has 2 aromatic heterocycles. The molecule has 26 heavy (non-hydrogen) atoms. The molecule has 0 aromatic carbocycles. The maximum absolute atomic E-state index is 13.3. The molecule has 2 aliphatic heterocycles. The zero-order valence-corrected chi connectivity index (χ0v) is 14.1. The van der Waals surface area contributed by atoms with Crippen LogP contribution in [0.1, 0.15) is 24.8 Å². The molecule has 3 fully saturated rings. The average Bonchev–Trinajstić information content (AvgIpc) is 2.92. The molecule has 138 valence electrons. The second-order valence-electron chi connectivity index (χ2n) is 7.44. The quantitative estimate of drug-likeness (QED) is 0.876. The number of hydrogen-bond donors (Lipinski definition) is 1. The molecule has 1 saturated carbocycles. The minimum Gasteiger partial charge on any atom is -0.481 e. The van der Waals surface area contributed by atoms with Gasteiger partial charge < -0.3 is 14.9 Å². The molecule has 1 N–H and O–H groups in total. The van der Waals surface area contributed by atoms with Crippen LogP contribution in [0.3, 0.4) is 0 Å². The highest BCUT2D eigenvalue weighted by Crippen LogP contribution is 2.54. The Balaban J connectivity index is 1.48. The van der Waals surface area contributed by atoms with Crippen LogP contribution in [-0.4, -0.2) is 51.9 Å². The molecule has 9 heteroatoms. The van der Waals surface area contributed by atoms with Gasteiger partial charge in [0.1, 0.15) is 11.6 Å². The minimum absolute atomic E-state index is 0.151. The fourth-order valence-electron chi connectivity index (χ4n) is 4.38. The van der Waals surface area contributed by atoms with Crippen LogP contribution in [0.2, 0.25) is 0 Å². The molecule has 5 rings (SSSR count). The summed E-state index contributed by atoms with van der Waals surface area (Å²) in [6.45, 7) is 3.25. The SMILES string of the molecule is O=C(O)C[C@@H]1[C@H]2CN(c3cc(N4CCC4)nc4c(C(F)F)cnn34)C[C@@H]12. The molecule has 3 aliphatic rings.